The van der Waals surface area contributed by atoms with Crippen LogP contribution < -0.4 is 0 Å². The highest BCUT2D eigenvalue weighted by atomic mass is 16.3. The van der Waals surface area contributed by atoms with Crippen LogP contribution in [-0.4, -0.2) is 11.2 Å². The molecule has 76 valence electrons. The molecule has 1 N–H and O–H groups in total. The van der Waals surface area contributed by atoms with Crippen molar-refractivity contribution in [3.63, 3.8) is 0 Å². The largest absolute Gasteiger partial charge is 0.393 e. The van der Waals surface area contributed by atoms with E-state index in [0.29, 0.717) is 5.92 Å². The zero-order valence-corrected chi connectivity index (χ0v) is 8.96. The third-order valence-corrected chi connectivity index (χ3v) is 3.49. The van der Waals surface area contributed by atoms with Gasteiger partial charge in [-0.3, -0.25) is 0 Å². The summed E-state index contributed by atoms with van der Waals surface area (Å²) >= 11 is 0. The van der Waals surface area contributed by atoms with E-state index in [-0.39, 0.29) is 6.10 Å². The lowest BCUT2D eigenvalue weighted by atomic mass is 9.91. The van der Waals surface area contributed by atoms with Gasteiger partial charge < -0.3 is 5.11 Å². The van der Waals surface area contributed by atoms with Crippen LogP contribution in [0.15, 0.2) is 18.2 Å². The van der Waals surface area contributed by atoms with Crippen molar-refractivity contribution in [2.45, 2.75) is 45.1 Å². The van der Waals surface area contributed by atoms with Gasteiger partial charge in [-0.15, -0.1) is 0 Å². The number of hydrogen-bond donors (Lipinski definition) is 1. The molecule has 2 unspecified atom stereocenters. The van der Waals surface area contributed by atoms with Crippen molar-refractivity contribution in [3.8, 4) is 0 Å². The fourth-order valence-corrected chi connectivity index (χ4v) is 2.46. The summed E-state index contributed by atoms with van der Waals surface area (Å²) in [6, 6.07) is 6.50. The second kappa shape index (κ2) is 3.74. The maximum absolute atomic E-state index is 9.52. The molecule has 1 aromatic carbocycles. The van der Waals surface area contributed by atoms with E-state index < -0.39 is 0 Å². The topological polar surface area (TPSA) is 20.2 Å². The predicted molar refractivity (Wildman–Crippen MR) is 58.5 cm³/mol. The van der Waals surface area contributed by atoms with Gasteiger partial charge in [-0.05, 0) is 55.7 Å². The standard InChI is InChI=1S/C13H18O/c1-9-4-3-5-13(10(9)2)11-6-7-12(14)8-11/h3-5,11-12,14H,6-8H2,1-2H3. The normalized spacial score (nSPS) is 26.8. The van der Waals surface area contributed by atoms with Crippen LogP contribution in [0.4, 0.5) is 0 Å². The Morgan fingerprint density at radius 2 is 2.00 bits per heavy atom. The SMILES string of the molecule is Cc1cccc(C2CCC(O)C2)c1C. The van der Waals surface area contributed by atoms with Crippen LogP contribution in [0, 0.1) is 13.8 Å². The molecule has 1 nitrogen and oxygen atoms in total. The average Bonchev–Trinajstić information content (AvgIpc) is 2.57. The second-order valence-electron chi connectivity index (χ2n) is 4.45. The van der Waals surface area contributed by atoms with Crippen molar-refractivity contribution in [3.05, 3.63) is 34.9 Å². The fraction of sp³-hybridized carbons (Fsp3) is 0.538. The Morgan fingerprint density at radius 1 is 1.21 bits per heavy atom. The van der Waals surface area contributed by atoms with Gasteiger partial charge in [0.1, 0.15) is 0 Å². The van der Waals surface area contributed by atoms with E-state index in [2.05, 4.69) is 32.0 Å². The predicted octanol–water partition coefficient (Wildman–Crippen LogP) is 2.93. The molecule has 1 saturated carbocycles. The lowest BCUT2D eigenvalue weighted by molar-refractivity contribution is 0.181. The molecule has 0 amide bonds. The minimum Gasteiger partial charge on any atom is -0.393 e. The fourth-order valence-electron chi connectivity index (χ4n) is 2.46. The minimum absolute atomic E-state index is 0.0695. The zero-order valence-electron chi connectivity index (χ0n) is 8.96. The Hall–Kier alpha value is -0.820. The smallest absolute Gasteiger partial charge is 0.0546 e. The number of benzene rings is 1. The van der Waals surface area contributed by atoms with E-state index in [9.17, 15) is 5.11 Å². The van der Waals surface area contributed by atoms with E-state index in [0.717, 1.165) is 19.3 Å². The van der Waals surface area contributed by atoms with Crippen LogP contribution in [0.5, 0.6) is 0 Å². The highest BCUT2D eigenvalue weighted by Gasteiger charge is 2.25. The van der Waals surface area contributed by atoms with Gasteiger partial charge in [0.15, 0.2) is 0 Å². The molecule has 2 atom stereocenters. The molecular formula is C13H18O. The Kier molecular flexibility index (Phi) is 2.60. The first-order chi connectivity index (χ1) is 6.68. The van der Waals surface area contributed by atoms with E-state index in [1.807, 2.05) is 0 Å². The zero-order chi connectivity index (χ0) is 10.1. The first kappa shape index (κ1) is 9.72. The molecule has 1 aromatic rings. The molecule has 0 aliphatic heterocycles. The summed E-state index contributed by atoms with van der Waals surface area (Å²) in [6.45, 7) is 4.35. The first-order valence-electron chi connectivity index (χ1n) is 5.42. The van der Waals surface area contributed by atoms with Crippen molar-refractivity contribution in [2.24, 2.45) is 0 Å². The Morgan fingerprint density at radius 3 is 2.64 bits per heavy atom. The monoisotopic (exact) mass is 190 g/mol. The first-order valence-corrected chi connectivity index (χ1v) is 5.42. The minimum atomic E-state index is -0.0695. The maximum Gasteiger partial charge on any atom is 0.0546 e. The molecule has 1 aliphatic rings. The summed E-state index contributed by atoms with van der Waals surface area (Å²) in [6.07, 6.45) is 2.99. The van der Waals surface area contributed by atoms with Crippen LogP contribution in [0.2, 0.25) is 0 Å². The Labute approximate surface area is 85.8 Å². The van der Waals surface area contributed by atoms with Gasteiger partial charge in [0.25, 0.3) is 0 Å². The molecule has 0 aromatic heterocycles. The highest BCUT2D eigenvalue weighted by molar-refractivity contribution is 5.36. The summed E-state index contributed by atoms with van der Waals surface area (Å²) in [5, 5.41) is 9.52. The van der Waals surface area contributed by atoms with Crippen LogP contribution >= 0.6 is 0 Å². The van der Waals surface area contributed by atoms with Crippen molar-refractivity contribution < 1.29 is 5.11 Å². The second-order valence-corrected chi connectivity index (χ2v) is 4.45. The highest BCUT2D eigenvalue weighted by Crippen LogP contribution is 2.36. The van der Waals surface area contributed by atoms with Gasteiger partial charge in [0.2, 0.25) is 0 Å². The van der Waals surface area contributed by atoms with Crippen molar-refractivity contribution >= 4 is 0 Å². The van der Waals surface area contributed by atoms with E-state index in [1.165, 1.54) is 16.7 Å². The third-order valence-electron chi connectivity index (χ3n) is 3.49. The molecule has 0 bridgehead atoms. The molecule has 1 fully saturated rings. The number of aliphatic hydroxyl groups excluding tert-OH is 1. The summed E-state index contributed by atoms with van der Waals surface area (Å²) in [5.41, 5.74) is 4.22. The van der Waals surface area contributed by atoms with Crippen molar-refractivity contribution in [1.29, 1.82) is 0 Å². The molecule has 1 aliphatic carbocycles. The number of aryl methyl sites for hydroxylation is 1. The van der Waals surface area contributed by atoms with Crippen molar-refractivity contribution in [2.75, 3.05) is 0 Å². The molecule has 0 saturated heterocycles. The number of rotatable bonds is 1. The van der Waals surface area contributed by atoms with Gasteiger partial charge in [-0.1, -0.05) is 18.2 Å². The molecule has 0 spiro atoms. The summed E-state index contributed by atoms with van der Waals surface area (Å²) in [5.74, 6) is 0.588. The lowest BCUT2D eigenvalue weighted by Gasteiger charge is -2.14. The number of hydrogen-bond acceptors (Lipinski definition) is 1. The van der Waals surface area contributed by atoms with Crippen LogP contribution in [0.25, 0.3) is 0 Å². The van der Waals surface area contributed by atoms with Gasteiger partial charge in [-0.2, -0.15) is 0 Å². The molecular weight excluding hydrogens is 172 g/mol. The Balaban J connectivity index is 2.28. The molecule has 0 heterocycles. The maximum atomic E-state index is 9.52. The van der Waals surface area contributed by atoms with Gasteiger partial charge in [-0.25, -0.2) is 0 Å². The van der Waals surface area contributed by atoms with Crippen LogP contribution in [0.3, 0.4) is 0 Å². The average molecular weight is 190 g/mol. The lowest BCUT2D eigenvalue weighted by Crippen LogP contribution is -2.01. The van der Waals surface area contributed by atoms with Gasteiger partial charge >= 0.3 is 0 Å². The van der Waals surface area contributed by atoms with Crippen molar-refractivity contribution in [1.82, 2.24) is 0 Å². The summed E-state index contributed by atoms with van der Waals surface area (Å²) < 4.78 is 0. The molecule has 0 radical (unpaired) electrons. The van der Waals surface area contributed by atoms with Crippen LogP contribution in [0.1, 0.15) is 41.9 Å². The van der Waals surface area contributed by atoms with Crippen LogP contribution in [-0.2, 0) is 0 Å². The van der Waals surface area contributed by atoms with E-state index in [4.69, 9.17) is 0 Å². The Bertz CT molecular complexity index is 330. The molecule has 2 rings (SSSR count). The molecule has 14 heavy (non-hydrogen) atoms. The van der Waals surface area contributed by atoms with E-state index in [1.54, 1.807) is 0 Å². The third kappa shape index (κ3) is 1.69. The van der Waals surface area contributed by atoms with E-state index >= 15 is 0 Å². The van der Waals surface area contributed by atoms with Gasteiger partial charge in [0, 0.05) is 0 Å². The number of aliphatic hydroxyl groups is 1. The summed E-state index contributed by atoms with van der Waals surface area (Å²) in [4.78, 5) is 0. The molecule has 1 heteroatoms. The quantitative estimate of drug-likeness (QED) is 0.722. The van der Waals surface area contributed by atoms with Gasteiger partial charge in [0.05, 0.1) is 6.10 Å². The summed E-state index contributed by atoms with van der Waals surface area (Å²) in [7, 11) is 0.